The monoisotopic (exact) mass is 735 g/mol. The Morgan fingerprint density at radius 2 is 1.65 bits per heavy atom. The van der Waals surface area contributed by atoms with E-state index in [1.54, 1.807) is 35.4 Å². The van der Waals surface area contributed by atoms with Crippen molar-refractivity contribution >= 4 is 23.0 Å². The van der Waals surface area contributed by atoms with Crippen molar-refractivity contribution in [2.24, 2.45) is 5.92 Å². The first-order chi connectivity index (χ1) is 26.3. The molecule has 0 bridgehead atoms. The van der Waals surface area contributed by atoms with Gasteiger partial charge >= 0.3 is 6.09 Å². The molecule has 2 amide bonds. The van der Waals surface area contributed by atoms with Gasteiger partial charge in [-0.1, -0.05) is 36.8 Å². The summed E-state index contributed by atoms with van der Waals surface area (Å²) in [4.78, 5) is 44.2. The molecule has 3 saturated heterocycles. The summed E-state index contributed by atoms with van der Waals surface area (Å²) in [5, 5.41) is 6.30. The minimum atomic E-state index is -3.21. The number of rotatable bonds is 7. The zero-order chi connectivity index (χ0) is 37.0. The number of H-pyrrole nitrogens is 2. The lowest BCUT2D eigenvalue weighted by atomic mass is 9.90. The van der Waals surface area contributed by atoms with Crippen molar-refractivity contribution in [3.63, 3.8) is 0 Å². The van der Waals surface area contributed by atoms with Crippen LogP contribution < -0.4 is 10.6 Å². The van der Waals surface area contributed by atoms with Crippen LogP contribution in [0.4, 0.5) is 13.6 Å². The van der Waals surface area contributed by atoms with Crippen LogP contribution in [0.3, 0.4) is 0 Å². The van der Waals surface area contributed by atoms with E-state index in [4.69, 9.17) is 14.5 Å². The number of hydrogen-bond donors (Lipinski definition) is 4. The topological polar surface area (TPSA) is 137 Å². The average molecular weight is 736 g/mol. The van der Waals surface area contributed by atoms with E-state index in [9.17, 15) is 9.59 Å². The normalized spacial score (nSPS) is 21.5. The third-order valence-corrected chi connectivity index (χ3v) is 11.7. The minimum Gasteiger partial charge on any atom is -0.453 e. The van der Waals surface area contributed by atoms with Gasteiger partial charge in [-0.25, -0.2) is 14.8 Å². The van der Waals surface area contributed by atoms with E-state index in [0.29, 0.717) is 72.8 Å². The number of methoxy groups -OCH3 is 1. The van der Waals surface area contributed by atoms with Gasteiger partial charge in [0.25, 0.3) is 5.92 Å². The van der Waals surface area contributed by atoms with Crippen molar-refractivity contribution in [2.75, 3.05) is 33.4 Å². The summed E-state index contributed by atoms with van der Waals surface area (Å²) in [5.41, 5.74) is 5.41. The number of imidazole rings is 2. The number of piperidine rings is 1. The fourth-order valence-electron chi connectivity index (χ4n) is 8.79. The number of halogens is 2. The molecular weight excluding hydrogens is 692 g/mol. The number of alkyl carbamates (subject to hydrolysis) is 1. The molecule has 5 heterocycles. The predicted molar refractivity (Wildman–Crippen MR) is 199 cm³/mol. The van der Waals surface area contributed by atoms with E-state index >= 15 is 8.78 Å². The van der Waals surface area contributed by atoms with Crippen molar-refractivity contribution in [1.29, 1.82) is 0 Å². The van der Waals surface area contributed by atoms with Crippen molar-refractivity contribution in [3.05, 3.63) is 83.6 Å². The van der Waals surface area contributed by atoms with Gasteiger partial charge < -0.3 is 35.0 Å². The van der Waals surface area contributed by atoms with Crippen molar-refractivity contribution in [3.8, 4) is 33.5 Å². The molecule has 5 aromatic rings. The number of carbonyl (C=O) groups excluding carboxylic acids is 2. The zero-order valence-corrected chi connectivity index (χ0v) is 30.1. The number of alkyl halides is 2. The number of fused-ring (bicyclic) bond motifs is 4. The largest absolute Gasteiger partial charge is 0.453 e. The van der Waals surface area contributed by atoms with Crippen LogP contribution in [-0.2, 0) is 20.2 Å². The van der Waals surface area contributed by atoms with E-state index < -0.39 is 18.1 Å². The number of amides is 2. The molecule has 4 aliphatic rings. The van der Waals surface area contributed by atoms with Gasteiger partial charge in [-0.05, 0) is 97.5 Å². The number of benzene rings is 3. The van der Waals surface area contributed by atoms with Crippen LogP contribution in [0.1, 0.15) is 79.8 Å². The smallest absolute Gasteiger partial charge is 0.407 e. The second-order valence-electron chi connectivity index (χ2n) is 14.9. The Labute approximate surface area is 311 Å². The average Bonchev–Trinajstić information content (AvgIpc) is 4.02. The van der Waals surface area contributed by atoms with Crippen LogP contribution in [0.25, 0.3) is 44.5 Å². The lowest BCUT2D eigenvalue weighted by Gasteiger charge is -2.34. The highest BCUT2D eigenvalue weighted by molar-refractivity contribution is 5.88. The number of likely N-dealkylation sites (tertiary alicyclic amines) is 1. The highest BCUT2D eigenvalue weighted by Crippen LogP contribution is 2.53. The van der Waals surface area contributed by atoms with Crippen LogP contribution in [0, 0.1) is 5.92 Å². The Kier molecular flexibility index (Phi) is 8.93. The maximum absolute atomic E-state index is 16.4. The first-order valence-electron chi connectivity index (χ1n) is 19.0. The van der Waals surface area contributed by atoms with Crippen LogP contribution in [0.15, 0.2) is 60.8 Å². The van der Waals surface area contributed by atoms with Gasteiger partial charge in [0.05, 0.1) is 42.1 Å². The molecule has 4 N–H and O–H groups in total. The number of hydrogen-bond acceptors (Lipinski definition) is 7. The maximum atomic E-state index is 16.4. The fourth-order valence-corrected chi connectivity index (χ4v) is 8.79. The van der Waals surface area contributed by atoms with Gasteiger partial charge in [0, 0.05) is 36.4 Å². The molecule has 3 aromatic carbocycles. The fraction of sp³-hybridized carbons (Fsp3) is 0.415. The molecule has 0 spiro atoms. The summed E-state index contributed by atoms with van der Waals surface area (Å²) in [5.74, 6) is -1.98. The number of nitrogens with zero attached hydrogens (tertiary/aromatic N) is 3. The molecule has 2 aromatic heterocycles. The minimum absolute atomic E-state index is 0.0194. The van der Waals surface area contributed by atoms with E-state index in [-0.39, 0.29) is 35.0 Å². The van der Waals surface area contributed by atoms with E-state index in [2.05, 4.69) is 25.6 Å². The number of carbonyl (C=O) groups is 2. The summed E-state index contributed by atoms with van der Waals surface area (Å²) >= 11 is 0. The Morgan fingerprint density at radius 3 is 2.41 bits per heavy atom. The lowest BCUT2D eigenvalue weighted by Crippen LogP contribution is -2.53. The van der Waals surface area contributed by atoms with Crippen LogP contribution in [0.2, 0.25) is 0 Å². The molecule has 0 saturated carbocycles. The van der Waals surface area contributed by atoms with E-state index in [1.165, 1.54) is 13.5 Å². The molecular formula is C41H43F2N7O4. The molecule has 280 valence electrons. The summed E-state index contributed by atoms with van der Waals surface area (Å²) in [6, 6.07) is 15.4. The summed E-state index contributed by atoms with van der Waals surface area (Å²) in [6.45, 7) is 2.54. The molecule has 11 nitrogen and oxygen atoms in total. The second kappa shape index (κ2) is 13.9. The van der Waals surface area contributed by atoms with E-state index in [0.717, 1.165) is 48.2 Å². The molecule has 3 atom stereocenters. The Morgan fingerprint density at radius 1 is 0.907 bits per heavy atom. The lowest BCUT2D eigenvalue weighted by molar-refractivity contribution is -0.136. The van der Waals surface area contributed by atoms with Crippen molar-refractivity contribution in [1.82, 2.24) is 35.5 Å². The third-order valence-electron chi connectivity index (χ3n) is 11.7. The van der Waals surface area contributed by atoms with Gasteiger partial charge in [-0.15, -0.1) is 0 Å². The summed E-state index contributed by atoms with van der Waals surface area (Å²) in [7, 11) is 1.28. The molecule has 13 heteroatoms. The molecule has 0 radical (unpaired) electrons. The number of aromatic nitrogens is 4. The Bertz CT molecular complexity index is 2220. The molecule has 1 unspecified atom stereocenters. The van der Waals surface area contributed by atoms with Gasteiger partial charge in [-0.2, -0.15) is 8.78 Å². The highest BCUT2D eigenvalue weighted by Gasteiger charge is 2.45. The van der Waals surface area contributed by atoms with Gasteiger partial charge in [0.1, 0.15) is 17.7 Å². The molecule has 54 heavy (non-hydrogen) atoms. The molecule has 3 fully saturated rings. The van der Waals surface area contributed by atoms with Crippen LogP contribution in [-0.4, -0.2) is 76.3 Å². The number of aromatic amines is 2. The molecule has 1 aliphatic carbocycles. The predicted octanol–water partition coefficient (Wildman–Crippen LogP) is 7.37. The second-order valence-corrected chi connectivity index (χ2v) is 14.9. The number of ether oxygens (including phenoxy) is 2. The quantitative estimate of drug-likeness (QED) is 0.137. The van der Waals surface area contributed by atoms with Crippen molar-refractivity contribution < 1.29 is 27.8 Å². The Balaban J connectivity index is 0.956. The maximum Gasteiger partial charge on any atom is 0.407 e. The van der Waals surface area contributed by atoms with Crippen molar-refractivity contribution in [2.45, 2.75) is 69.0 Å². The first-order valence-corrected chi connectivity index (χ1v) is 19.0. The van der Waals surface area contributed by atoms with Gasteiger partial charge in [0.15, 0.2) is 0 Å². The van der Waals surface area contributed by atoms with Gasteiger partial charge in [0.2, 0.25) is 5.91 Å². The van der Waals surface area contributed by atoms with Crippen LogP contribution in [0.5, 0.6) is 0 Å². The third kappa shape index (κ3) is 6.12. The summed E-state index contributed by atoms with van der Waals surface area (Å²) in [6.07, 6.45) is 7.10. The number of nitrogens with one attached hydrogen (secondary N) is 4. The summed E-state index contributed by atoms with van der Waals surface area (Å²) < 4.78 is 43.1. The SMILES string of the molecule is COC(=O)N[C@H](C(=O)N1CCCC1c1ncc(-c2ccc3c(c2)C(F)(F)c2cc(-c4ccc5nc([C@H]6CCCCN6)[nH]c5c4)ccc2-3)[nH]1)C1CCOCC1. The standard InChI is InChI=1S/C41H43F2N7O4/c1-53-40(52)49-36(23-13-17-54-18-14-23)39(51)50-16-4-6-35(50)38-45-22-34(48-38)26-8-11-28-27-10-7-24(19-29(27)41(42,43)30(28)20-26)25-9-12-31-33(21-25)47-37(46-31)32-5-2-3-15-44-32/h7-12,19-23,32,35-36,44H,2-6,13-18H2,1H3,(H,45,48)(H,46,47)(H,49,52)/t32-,35?,36+/m1/s1. The first kappa shape index (κ1) is 34.6. The zero-order valence-electron chi connectivity index (χ0n) is 30.1. The highest BCUT2D eigenvalue weighted by atomic mass is 19.3. The Hall–Kier alpha value is -5.14. The molecule has 9 rings (SSSR count). The van der Waals surface area contributed by atoms with E-state index in [1.807, 2.05) is 30.3 Å². The van der Waals surface area contributed by atoms with Crippen LogP contribution >= 0.6 is 0 Å². The molecule has 3 aliphatic heterocycles. The van der Waals surface area contributed by atoms with Gasteiger partial charge in [-0.3, -0.25) is 4.79 Å².